The molecular formula is C31H33N3O6S. The van der Waals surface area contributed by atoms with Gasteiger partial charge in [-0.05, 0) is 85.5 Å². The Morgan fingerprint density at radius 2 is 1.85 bits per heavy atom. The molecule has 4 aromatic rings. The molecule has 1 heterocycles. The minimum absolute atomic E-state index is 0.0375. The summed E-state index contributed by atoms with van der Waals surface area (Å²) in [5, 5.41) is 3.32. The fraction of sp³-hybridized carbons (Fsp3) is 0.290. The molecule has 3 aromatic carbocycles. The van der Waals surface area contributed by atoms with Crippen LogP contribution in [0.3, 0.4) is 0 Å². The van der Waals surface area contributed by atoms with Crippen molar-refractivity contribution in [2.45, 2.75) is 49.9 Å². The van der Waals surface area contributed by atoms with E-state index < -0.39 is 58.2 Å². The van der Waals surface area contributed by atoms with Crippen LogP contribution in [0.4, 0.5) is 10.5 Å². The van der Waals surface area contributed by atoms with Crippen LogP contribution < -0.4 is 14.8 Å². The van der Waals surface area contributed by atoms with Crippen LogP contribution in [-0.2, 0) is 28.2 Å². The van der Waals surface area contributed by atoms with Crippen molar-refractivity contribution >= 4 is 38.6 Å². The van der Waals surface area contributed by atoms with Crippen molar-refractivity contribution < 1.29 is 37.1 Å². The van der Waals surface area contributed by atoms with Gasteiger partial charge in [-0.1, -0.05) is 24.3 Å². The highest BCUT2D eigenvalue weighted by Gasteiger charge is 2.22. The van der Waals surface area contributed by atoms with E-state index in [0.29, 0.717) is 17.7 Å². The number of aryl methyl sites for hydroxylation is 2. The van der Waals surface area contributed by atoms with Crippen molar-refractivity contribution in [2.75, 3.05) is 12.4 Å². The van der Waals surface area contributed by atoms with Gasteiger partial charge >= 0.3 is 6.09 Å². The van der Waals surface area contributed by atoms with Gasteiger partial charge in [0.15, 0.2) is 0 Å². The first-order chi connectivity index (χ1) is 22.3. The zero-order valence-electron chi connectivity index (χ0n) is 29.4. The maximum absolute atomic E-state index is 13.0. The summed E-state index contributed by atoms with van der Waals surface area (Å²) in [5.41, 5.74) is 2.18. The summed E-state index contributed by atoms with van der Waals surface area (Å²) in [6.07, 6.45) is -4.46. The molecule has 0 saturated heterocycles. The van der Waals surface area contributed by atoms with E-state index in [1.54, 1.807) is 24.3 Å². The summed E-state index contributed by atoms with van der Waals surface area (Å²) >= 11 is 0. The number of amides is 2. The van der Waals surface area contributed by atoms with Gasteiger partial charge in [0.1, 0.15) is 11.9 Å². The highest BCUT2D eigenvalue weighted by atomic mass is 32.2. The van der Waals surface area contributed by atoms with Crippen LogP contribution in [0.25, 0.3) is 10.9 Å². The number of rotatable bonds is 8. The lowest BCUT2D eigenvalue weighted by Gasteiger charge is -2.13. The van der Waals surface area contributed by atoms with Gasteiger partial charge in [-0.25, -0.2) is 17.9 Å². The number of anilines is 1. The Hall–Kier alpha value is -4.31. The third-order valence-corrected chi connectivity index (χ3v) is 8.05. The molecule has 214 valence electrons. The molecule has 10 heteroatoms. The van der Waals surface area contributed by atoms with Crippen LogP contribution in [0.15, 0.2) is 71.8 Å². The minimum atomic E-state index is -4.53. The van der Waals surface area contributed by atoms with Crippen molar-refractivity contribution in [1.29, 1.82) is 0 Å². The molecule has 0 aliphatic heterocycles. The monoisotopic (exact) mass is 582 g/mol. The van der Waals surface area contributed by atoms with Gasteiger partial charge in [0.25, 0.3) is 15.9 Å². The molecule has 5 rings (SSSR count). The Morgan fingerprint density at radius 1 is 1.07 bits per heavy atom. The van der Waals surface area contributed by atoms with Gasteiger partial charge in [0.05, 0.1) is 12.0 Å². The number of nitrogens with zero attached hydrogens (tertiary/aromatic N) is 1. The Kier molecular flexibility index (Phi) is 5.84. The molecular weight excluding hydrogens is 542 g/mol. The van der Waals surface area contributed by atoms with Gasteiger partial charge in [0, 0.05) is 51.4 Å². The Bertz CT molecular complexity index is 2000. The molecule has 2 N–H and O–H groups in total. The molecule has 1 aliphatic carbocycles. The van der Waals surface area contributed by atoms with Crippen LogP contribution in [-0.4, -0.2) is 38.2 Å². The number of carbonyl (C=O) groups is 2. The molecule has 2 amide bonds. The number of hydrogen-bond donors (Lipinski definition) is 2. The summed E-state index contributed by atoms with van der Waals surface area (Å²) in [6, 6.07) is 14.6. The number of sulfonamides is 1. The van der Waals surface area contributed by atoms with Gasteiger partial charge in [-0.3, -0.25) is 10.1 Å². The number of ether oxygens (including phenoxy) is 2. The van der Waals surface area contributed by atoms with Gasteiger partial charge in [0.2, 0.25) is 0 Å². The average Bonchev–Trinajstić information content (AvgIpc) is 3.42. The number of aromatic nitrogens is 1. The number of hydrogen-bond acceptors (Lipinski definition) is 6. The van der Waals surface area contributed by atoms with Gasteiger partial charge in [-0.2, -0.15) is 0 Å². The van der Waals surface area contributed by atoms with Crippen LogP contribution in [0.2, 0.25) is 0 Å². The zero-order chi connectivity index (χ0) is 35.2. The lowest BCUT2D eigenvalue weighted by molar-refractivity contribution is 0.0980. The van der Waals surface area contributed by atoms with Crippen LogP contribution in [0.1, 0.15) is 62.2 Å². The average molecular weight is 583 g/mol. The maximum atomic E-state index is 13.0. The van der Waals surface area contributed by atoms with Crippen molar-refractivity contribution in [3.8, 4) is 5.75 Å². The maximum Gasteiger partial charge on any atom is 0.411 e. The van der Waals surface area contributed by atoms with E-state index >= 15 is 0 Å². The molecule has 0 spiro atoms. The van der Waals surface area contributed by atoms with E-state index in [2.05, 4.69) is 5.32 Å². The number of carbonyl (C=O) groups excluding carboxylic acids is 2. The van der Waals surface area contributed by atoms with E-state index in [1.165, 1.54) is 37.4 Å². The van der Waals surface area contributed by atoms with Crippen LogP contribution in [0, 0.1) is 6.85 Å². The van der Waals surface area contributed by atoms with Crippen molar-refractivity contribution in [1.82, 2.24) is 9.29 Å². The van der Waals surface area contributed by atoms with Crippen molar-refractivity contribution in [2.24, 2.45) is 7.05 Å². The standard InChI is InChI=1S/C31H33N3O6S/c1-20-8-4-7-11-29(20)41(37,38)33-30(35)22-13-12-21(28(17-22)39-3)16-23-19-34(2)27-15-14-24(18-26(23)27)32-31(36)40-25-9-5-6-10-25/h4,7-8,11-15,17-19,25H,5-6,9-10,16H2,1-3H3,(H,32,36)(H,33,35)/i1D3,9D2,10D2. The molecule has 41 heavy (non-hydrogen) atoms. The van der Waals surface area contributed by atoms with E-state index in [-0.39, 0.29) is 24.2 Å². The quantitative estimate of drug-likeness (QED) is 0.276. The predicted octanol–water partition coefficient (Wildman–Crippen LogP) is 5.70. The normalized spacial score (nSPS) is 19.0. The zero-order valence-corrected chi connectivity index (χ0v) is 23.2. The number of methoxy groups -OCH3 is 1. The predicted molar refractivity (Wildman–Crippen MR) is 157 cm³/mol. The summed E-state index contributed by atoms with van der Waals surface area (Å²) in [5.74, 6) is -0.690. The summed E-state index contributed by atoms with van der Waals surface area (Å²) in [4.78, 5) is 25.2. The Morgan fingerprint density at radius 3 is 2.61 bits per heavy atom. The fourth-order valence-electron chi connectivity index (χ4n) is 4.68. The lowest BCUT2D eigenvalue weighted by atomic mass is 10.0. The van der Waals surface area contributed by atoms with Crippen LogP contribution in [0.5, 0.6) is 5.75 Å². The fourth-order valence-corrected chi connectivity index (χ4v) is 5.77. The third kappa shape index (κ3) is 6.22. The van der Waals surface area contributed by atoms with Gasteiger partial charge in [-0.15, -0.1) is 0 Å². The first kappa shape index (κ1) is 20.5. The van der Waals surface area contributed by atoms with E-state index in [4.69, 9.17) is 19.1 Å². The summed E-state index contributed by atoms with van der Waals surface area (Å²) in [6.45, 7) is -2.72. The van der Waals surface area contributed by atoms with Crippen molar-refractivity contribution in [3.63, 3.8) is 0 Å². The Labute approximate surface area is 249 Å². The highest BCUT2D eigenvalue weighted by Crippen LogP contribution is 2.30. The third-order valence-electron chi connectivity index (χ3n) is 6.66. The molecule has 1 aliphatic rings. The largest absolute Gasteiger partial charge is 0.496 e. The number of fused-ring (bicyclic) bond motifs is 1. The molecule has 0 radical (unpaired) electrons. The first-order valence-corrected chi connectivity index (χ1v) is 14.2. The Balaban J connectivity index is 1.35. The topological polar surface area (TPSA) is 116 Å². The lowest BCUT2D eigenvalue weighted by Crippen LogP contribution is -2.31. The molecule has 1 saturated carbocycles. The van der Waals surface area contributed by atoms with E-state index in [1.807, 2.05) is 22.5 Å². The molecule has 1 fully saturated rings. The second-order valence-corrected chi connectivity index (χ2v) is 11.1. The summed E-state index contributed by atoms with van der Waals surface area (Å²) < 4.78 is 95.7. The number of nitrogens with one attached hydrogen (secondary N) is 2. The molecule has 9 nitrogen and oxygen atoms in total. The second kappa shape index (κ2) is 11.7. The minimum Gasteiger partial charge on any atom is -0.496 e. The number of benzene rings is 3. The van der Waals surface area contributed by atoms with E-state index in [9.17, 15) is 18.0 Å². The smallest absolute Gasteiger partial charge is 0.411 e. The summed E-state index contributed by atoms with van der Waals surface area (Å²) in [7, 11) is -1.29. The van der Waals surface area contributed by atoms with Crippen LogP contribution >= 0.6 is 0 Å². The highest BCUT2D eigenvalue weighted by molar-refractivity contribution is 7.90. The molecule has 1 aromatic heterocycles. The molecule has 0 atom stereocenters. The second-order valence-electron chi connectivity index (χ2n) is 9.45. The van der Waals surface area contributed by atoms with Gasteiger partial charge < -0.3 is 14.0 Å². The molecule has 0 bridgehead atoms. The first-order valence-electron chi connectivity index (χ1n) is 16.2. The SMILES string of the molecule is [2H]C([2H])([2H])c1ccccc1S(=O)(=O)NC(=O)c1ccc(Cc2cn(C)c3ccc(NC(=O)OC4C([2H])([2H])CCC4([2H])[2H])cc23)c(OC)c1. The molecule has 0 unspecified atom stereocenters. The van der Waals surface area contributed by atoms with Crippen molar-refractivity contribution in [3.05, 3.63) is 89.1 Å². The van der Waals surface area contributed by atoms with E-state index in [0.717, 1.165) is 22.5 Å².